The van der Waals surface area contributed by atoms with E-state index in [4.69, 9.17) is 4.74 Å². The van der Waals surface area contributed by atoms with E-state index in [0.717, 1.165) is 35.4 Å². The van der Waals surface area contributed by atoms with Gasteiger partial charge in [0.25, 0.3) is 0 Å². The van der Waals surface area contributed by atoms with Crippen LogP contribution in [0.4, 0.5) is 9.93 Å². The zero-order valence-electron chi connectivity index (χ0n) is 14.6. The first-order valence-corrected chi connectivity index (χ1v) is 9.20. The summed E-state index contributed by atoms with van der Waals surface area (Å²) < 4.78 is 9.74. The number of carbonyl (C=O) groups is 1. The molecule has 0 unspecified atom stereocenters. The number of anilines is 1. The van der Waals surface area contributed by atoms with E-state index < -0.39 is 0 Å². The number of nitrogens with zero attached hydrogens (tertiary/aromatic N) is 4. The molecular weight excluding hydrogens is 338 g/mol. The minimum absolute atomic E-state index is 0.0122. The van der Waals surface area contributed by atoms with Gasteiger partial charge in [-0.25, -0.2) is 9.78 Å². The Hall–Kier alpha value is -2.35. The van der Waals surface area contributed by atoms with Crippen LogP contribution in [0.25, 0.3) is 0 Å². The number of aromatic nitrogens is 2. The van der Waals surface area contributed by atoms with Crippen molar-refractivity contribution in [2.75, 3.05) is 44.7 Å². The molecule has 3 rings (SSSR count). The van der Waals surface area contributed by atoms with Crippen LogP contribution in [0.15, 0.2) is 24.3 Å². The van der Waals surface area contributed by atoms with Crippen molar-refractivity contribution in [3.05, 3.63) is 35.7 Å². The summed E-state index contributed by atoms with van der Waals surface area (Å²) in [6, 6.07) is 7.97. The molecule has 0 atom stereocenters. The smallest absolute Gasteiger partial charge is 0.317 e. The van der Waals surface area contributed by atoms with Gasteiger partial charge in [-0.3, -0.25) is 0 Å². The topological polar surface area (TPSA) is 70.6 Å². The molecule has 1 aromatic heterocycles. The van der Waals surface area contributed by atoms with Gasteiger partial charge in [0.1, 0.15) is 11.6 Å². The molecule has 1 aliphatic rings. The van der Waals surface area contributed by atoms with Crippen LogP contribution in [0, 0.1) is 0 Å². The number of benzene rings is 1. The number of rotatable bonds is 5. The quantitative estimate of drug-likeness (QED) is 0.882. The molecule has 2 heterocycles. The van der Waals surface area contributed by atoms with Gasteiger partial charge >= 0.3 is 6.03 Å². The minimum atomic E-state index is 0.0122. The lowest BCUT2D eigenvalue weighted by atomic mass is 10.1. The van der Waals surface area contributed by atoms with E-state index in [-0.39, 0.29) is 6.03 Å². The summed E-state index contributed by atoms with van der Waals surface area (Å²) >= 11 is 1.42. The maximum absolute atomic E-state index is 11.9. The average Bonchev–Trinajstić information content (AvgIpc) is 3.10. The van der Waals surface area contributed by atoms with Gasteiger partial charge < -0.3 is 19.9 Å². The lowest BCUT2D eigenvalue weighted by molar-refractivity contribution is 0.195. The van der Waals surface area contributed by atoms with Gasteiger partial charge in [-0.05, 0) is 24.6 Å². The van der Waals surface area contributed by atoms with Crippen molar-refractivity contribution in [3.8, 4) is 5.75 Å². The normalized spacial score (nSPS) is 14.5. The molecule has 0 radical (unpaired) electrons. The van der Waals surface area contributed by atoms with Gasteiger partial charge in [0.15, 0.2) is 0 Å². The zero-order chi connectivity index (χ0) is 17.6. The van der Waals surface area contributed by atoms with Gasteiger partial charge in [-0.1, -0.05) is 12.1 Å². The lowest BCUT2D eigenvalue weighted by Crippen LogP contribution is -2.51. The summed E-state index contributed by atoms with van der Waals surface area (Å²) in [4.78, 5) is 20.6. The SMILES string of the molecule is CCNC(=O)N1CCN(c2nc(Cc3cccc(OC)c3)ns2)CC1. The maximum Gasteiger partial charge on any atom is 0.317 e. The first-order valence-electron chi connectivity index (χ1n) is 8.43. The Labute approximate surface area is 151 Å². The number of ether oxygens (including phenoxy) is 1. The van der Waals surface area contributed by atoms with Crippen molar-refractivity contribution in [3.63, 3.8) is 0 Å². The van der Waals surface area contributed by atoms with Crippen molar-refractivity contribution in [2.45, 2.75) is 13.3 Å². The second kappa shape index (κ2) is 8.15. The van der Waals surface area contributed by atoms with Crippen LogP contribution in [-0.4, -0.2) is 60.1 Å². The molecule has 134 valence electrons. The Morgan fingerprint density at radius 2 is 2.12 bits per heavy atom. The minimum Gasteiger partial charge on any atom is -0.497 e. The molecule has 0 bridgehead atoms. The summed E-state index contributed by atoms with van der Waals surface area (Å²) in [5, 5.41) is 3.77. The van der Waals surface area contributed by atoms with Gasteiger partial charge in [0.2, 0.25) is 5.13 Å². The highest BCUT2D eigenvalue weighted by molar-refractivity contribution is 7.09. The van der Waals surface area contributed by atoms with Gasteiger partial charge in [-0.15, -0.1) is 0 Å². The van der Waals surface area contributed by atoms with Crippen LogP contribution in [0.5, 0.6) is 5.75 Å². The molecule has 0 aliphatic carbocycles. The van der Waals surface area contributed by atoms with Crippen LogP contribution in [-0.2, 0) is 6.42 Å². The summed E-state index contributed by atoms with van der Waals surface area (Å²) in [5.41, 5.74) is 1.13. The monoisotopic (exact) mass is 361 g/mol. The Kier molecular flexibility index (Phi) is 5.70. The Morgan fingerprint density at radius 3 is 2.84 bits per heavy atom. The Morgan fingerprint density at radius 1 is 1.32 bits per heavy atom. The third-order valence-electron chi connectivity index (χ3n) is 4.12. The zero-order valence-corrected chi connectivity index (χ0v) is 15.4. The number of amides is 2. The van der Waals surface area contributed by atoms with Gasteiger partial charge in [0.05, 0.1) is 7.11 Å². The predicted octanol–water partition coefficient (Wildman–Crippen LogP) is 1.99. The molecule has 2 aromatic rings. The number of urea groups is 1. The third-order valence-corrected chi connectivity index (χ3v) is 4.93. The molecule has 0 spiro atoms. The van der Waals surface area contributed by atoms with Crippen LogP contribution in [0.2, 0.25) is 0 Å². The Bertz CT molecular complexity index is 713. The largest absolute Gasteiger partial charge is 0.497 e. The number of carbonyl (C=O) groups excluding carboxylic acids is 1. The van der Waals surface area contributed by atoms with E-state index in [1.807, 2.05) is 36.1 Å². The van der Waals surface area contributed by atoms with Crippen molar-refractivity contribution in [1.82, 2.24) is 19.6 Å². The summed E-state index contributed by atoms with van der Waals surface area (Å²) in [7, 11) is 1.67. The fraction of sp³-hybridized carbons (Fsp3) is 0.471. The second-order valence-electron chi connectivity index (χ2n) is 5.83. The van der Waals surface area contributed by atoms with Crippen molar-refractivity contribution in [2.24, 2.45) is 0 Å². The fourth-order valence-electron chi connectivity index (χ4n) is 2.77. The van der Waals surface area contributed by atoms with E-state index in [9.17, 15) is 4.79 Å². The number of hydrogen-bond donors (Lipinski definition) is 1. The third kappa shape index (κ3) is 4.39. The molecule has 7 nitrogen and oxygen atoms in total. The molecule has 8 heteroatoms. The lowest BCUT2D eigenvalue weighted by Gasteiger charge is -2.34. The maximum atomic E-state index is 11.9. The van der Waals surface area contributed by atoms with Crippen LogP contribution in [0.3, 0.4) is 0 Å². The van der Waals surface area contributed by atoms with Crippen LogP contribution >= 0.6 is 11.5 Å². The highest BCUT2D eigenvalue weighted by Crippen LogP contribution is 2.21. The molecule has 1 aromatic carbocycles. The van der Waals surface area contributed by atoms with Crippen molar-refractivity contribution < 1.29 is 9.53 Å². The highest BCUT2D eigenvalue weighted by Gasteiger charge is 2.22. The molecule has 1 saturated heterocycles. The van der Waals surface area contributed by atoms with Gasteiger partial charge in [0, 0.05) is 50.7 Å². The molecule has 25 heavy (non-hydrogen) atoms. The van der Waals surface area contributed by atoms with Gasteiger partial charge in [-0.2, -0.15) is 4.37 Å². The van der Waals surface area contributed by atoms with Crippen molar-refractivity contribution in [1.29, 1.82) is 0 Å². The van der Waals surface area contributed by atoms with E-state index in [1.54, 1.807) is 7.11 Å². The van der Waals surface area contributed by atoms with E-state index in [0.29, 0.717) is 26.1 Å². The molecular formula is C17H23N5O2S. The number of nitrogens with one attached hydrogen (secondary N) is 1. The standard InChI is InChI=1S/C17H23N5O2S/c1-3-18-16(23)21-7-9-22(10-8-21)17-19-15(20-25-17)12-13-5-4-6-14(11-13)24-2/h4-6,11H,3,7-10,12H2,1-2H3,(H,18,23). The molecule has 0 saturated carbocycles. The first-order chi connectivity index (χ1) is 12.2. The molecule has 2 amide bonds. The van der Waals surface area contributed by atoms with Crippen LogP contribution < -0.4 is 15.0 Å². The summed E-state index contributed by atoms with van der Waals surface area (Å²) in [6.07, 6.45) is 0.687. The Balaban J connectivity index is 1.58. The number of piperazine rings is 1. The molecule has 1 N–H and O–H groups in total. The average molecular weight is 361 g/mol. The van der Waals surface area contributed by atoms with E-state index >= 15 is 0 Å². The second-order valence-corrected chi connectivity index (χ2v) is 6.56. The summed E-state index contributed by atoms with van der Waals surface area (Å²) in [6.45, 7) is 5.56. The molecule has 1 fully saturated rings. The molecule has 1 aliphatic heterocycles. The van der Waals surface area contributed by atoms with Crippen LogP contribution in [0.1, 0.15) is 18.3 Å². The highest BCUT2D eigenvalue weighted by atomic mass is 32.1. The van der Waals surface area contributed by atoms with E-state index in [2.05, 4.69) is 19.6 Å². The fourth-order valence-corrected chi connectivity index (χ4v) is 3.51. The number of hydrogen-bond acceptors (Lipinski definition) is 6. The number of methoxy groups -OCH3 is 1. The first kappa shape index (κ1) is 17.5. The predicted molar refractivity (Wildman–Crippen MR) is 98.6 cm³/mol. The summed E-state index contributed by atoms with van der Waals surface area (Å²) in [5.74, 6) is 1.66. The van der Waals surface area contributed by atoms with E-state index in [1.165, 1.54) is 11.5 Å². The van der Waals surface area contributed by atoms with Crippen molar-refractivity contribution >= 4 is 22.7 Å².